The molecule has 1 rings (SSSR count). The highest BCUT2D eigenvalue weighted by Gasteiger charge is 2.30. The van der Waals surface area contributed by atoms with Crippen LogP contribution in [0.5, 0.6) is 0 Å². The number of carbonyl (C=O) groups is 2. The number of hydrogen-bond acceptors (Lipinski definition) is 2. The van der Waals surface area contributed by atoms with Crippen LogP contribution in [0.25, 0.3) is 0 Å². The first kappa shape index (κ1) is 12.5. The first-order valence-corrected chi connectivity index (χ1v) is 5.37. The summed E-state index contributed by atoms with van der Waals surface area (Å²) in [5.41, 5.74) is 0. The Labute approximate surface area is 96.2 Å². The summed E-state index contributed by atoms with van der Waals surface area (Å²) in [7, 11) is 3.30. The number of carbonyl (C=O) groups excluding carboxylic acids is 2. The highest BCUT2D eigenvalue weighted by Crippen LogP contribution is 2.26. The lowest BCUT2D eigenvalue weighted by Crippen LogP contribution is -2.32. The Kier molecular flexibility index (Phi) is 4.28. The molecule has 0 bridgehead atoms. The Bertz CT molecular complexity index is 317. The second-order valence-electron chi connectivity index (χ2n) is 4.08. The third kappa shape index (κ3) is 3.53. The molecule has 0 aliphatic heterocycles. The van der Waals surface area contributed by atoms with E-state index in [1.807, 2.05) is 0 Å². The van der Waals surface area contributed by atoms with Crippen molar-refractivity contribution in [2.75, 3.05) is 20.6 Å². The molecule has 1 aliphatic rings. The molecule has 16 heavy (non-hydrogen) atoms. The molecule has 0 aromatic rings. The van der Waals surface area contributed by atoms with Gasteiger partial charge in [0.15, 0.2) is 0 Å². The van der Waals surface area contributed by atoms with Gasteiger partial charge in [0, 0.05) is 38.8 Å². The molecule has 0 spiro atoms. The molecule has 0 saturated heterocycles. The van der Waals surface area contributed by atoms with E-state index in [4.69, 9.17) is 0 Å². The third-order valence-corrected chi connectivity index (χ3v) is 2.41. The van der Waals surface area contributed by atoms with Gasteiger partial charge in [-0.05, 0) is 12.8 Å². The maximum absolute atomic E-state index is 11.8. The van der Waals surface area contributed by atoms with Crippen molar-refractivity contribution in [3.05, 3.63) is 24.8 Å². The lowest BCUT2D eigenvalue weighted by atomic mass is 10.3. The van der Waals surface area contributed by atoms with Crippen LogP contribution in [-0.4, -0.2) is 48.3 Å². The van der Waals surface area contributed by atoms with Gasteiger partial charge in [0.05, 0.1) is 0 Å². The van der Waals surface area contributed by atoms with Crippen molar-refractivity contribution in [1.29, 1.82) is 0 Å². The van der Waals surface area contributed by atoms with E-state index >= 15 is 0 Å². The molecule has 4 nitrogen and oxygen atoms in total. The van der Waals surface area contributed by atoms with Crippen LogP contribution < -0.4 is 0 Å². The fourth-order valence-corrected chi connectivity index (χ4v) is 1.33. The van der Waals surface area contributed by atoms with Crippen molar-refractivity contribution in [3.63, 3.8) is 0 Å². The predicted molar refractivity (Wildman–Crippen MR) is 62.8 cm³/mol. The fourth-order valence-electron chi connectivity index (χ4n) is 1.33. The summed E-state index contributed by atoms with van der Waals surface area (Å²) in [6.45, 7) is 4.17. The summed E-state index contributed by atoms with van der Waals surface area (Å²) < 4.78 is 0. The Morgan fingerprint density at radius 2 is 1.81 bits per heavy atom. The quantitative estimate of drug-likeness (QED) is 0.510. The van der Waals surface area contributed by atoms with Crippen molar-refractivity contribution >= 4 is 11.8 Å². The van der Waals surface area contributed by atoms with Crippen molar-refractivity contribution in [2.24, 2.45) is 0 Å². The zero-order valence-corrected chi connectivity index (χ0v) is 9.85. The van der Waals surface area contributed by atoms with Crippen LogP contribution >= 0.6 is 0 Å². The molecule has 1 saturated carbocycles. The van der Waals surface area contributed by atoms with E-state index in [-0.39, 0.29) is 11.8 Å². The smallest absolute Gasteiger partial charge is 0.247 e. The van der Waals surface area contributed by atoms with Crippen LogP contribution in [0.2, 0.25) is 0 Å². The summed E-state index contributed by atoms with van der Waals surface area (Å²) >= 11 is 0. The van der Waals surface area contributed by atoms with E-state index in [2.05, 4.69) is 6.58 Å². The van der Waals surface area contributed by atoms with Gasteiger partial charge >= 0.3 is 0 Å². The summed E-state index contributed by atoms with van der Waals surface area (Å²) in [5.74, 6) is -0.291. The van der Waals surface area contributed by atoms with Gasteiger partial charge in [0.2, 0.25) is 11.8 Å². The van der Waals surface area contributed by atoms with Gasteiger partial charge in [0.1, 0.15) is 0 Å². The molecule has 0 unspecified atom stereocenters. The van der Waals surface area contributed by atoms with E-state index in [0.717, 1.165) is 12.8 Å². The summed E-state index contributed by atoms with van der Waals surface area (Å²) in [4.78, 5) is 26.2. The van der Waals surface area contributed by atoms with Crippen molar-refractivity contribution < 1.29 is 9.59 Å². The topological polar surface area (TPSA) is 40.6 Å². The Morgan fingerprint density at radius 1 is 1.25 bits per heavy atom. The summed E-state index contributed by atoms with van der Waals surface area (Å²) in [5, 5.41) is 0. The average Bonchev–Trinajstić information content (AvgIpc) is 3.05. The molecule has 4 heteroatoms. The highest BCUT2D eigenvalue weighted by molar-refractivity contribution is 5.96. The Balaban J connectivity index is 2.54. The van der Waals surface area contributed by atoms with E-state index in [1.165, 1.54) is 17.1 Å². The standard InChI is InChI=1S/C12H18N2O2/c1-4-9-14(10-5-6-10)12(16)8-7-11(15)13(2)3/h4,7-8,10H,1,5-6,9H2,2-3H3. The summed E-state index contributed by atoms with van der Waals surface area (Å²) in [6.07, 6.45) is 6.45. The van der Waals surface area contributed by atoms with Crippen LogP contribution in [0, 0.1) is 0 Å². The normalized spacial score (nSPS) is 14.9. The van der Waals surface area contributed by atoms with Crippen molar-refractivity contribution in [2.45, 2.75) is 18.9 Å². The molecule has 88 valence electrons. The van der Waals surface area contributed by atoms with Crippen LogP contribution in [0.4, 0.5) is 0 Å². The number of amides is 2. The van der Waals surface area contributed by atoms with Gasteiger partial charge in [-0.1, -0.05) is 6.08 Å². The monoisotopic (exact) mass is 222 g/mol. The minimum atomic E-state index is -0.178. The van der Waals surface area contributed by atoms with Gasteiger partial charge in [-0.2, -0.15) is 0 Å². The molecular formula is C12H18N2O2. The lowest BCUT2D eigenvalue weighted by Gasteiger charge is -2.18. The Morgan fingerprint density at radius 3 is 2.25 bits per heavy atom. The molecule has 0 atom stereocenters. The van der Waals surface area contributed by atoms with E-state index < -0.39 is 0 Å². The molecule has 0 aromatic carbocycles. The first-order valence-electron chi connectivity index (χ1n) is 5.37. The van der Waals surface area contributed by atoms with Crippen LogP contribution in [0.3, 0.4) is 0 Å². The molecular weight excluding hydrogens is 204 g/mol. The van der Waals surface area contributed by atoms with Gasteiger partial charge < -0.3 is 9.80 Å². The van der Waals surface area contributed by atoms with Gasteiger partial charge in [-0.3, -0.25) is 9.59 Å². The molecule has 0 radical (unpaired) electrons. The second-order valence-corrected chi connectivity index (χ2v) is 4.08. The maximum atomic E-state index is 11.8. The Hall–Kier alpha value is -1.58. The van der Waals surface area contributed by atoms with Crippen molar-refractivity contribution in [1.82, 2.24) is 9.80 Å². The molecule has 1 fully saturated rings. The molecule has 0 heterocycles. The highest BCUT2D eigenvalue weighted by atomic mass is 16.2. The van der Waals surface area contributed by atoms with E-state index in [9.17, 15) is 9.59 Å². The van der Waals surface area contributed by atoms with E-state index in [0.29, 0.717) is 12.6 Å². The first-order chi connectivity index (χ1) is 7.56. The van der Waals surface area contributed by atoms with Gasteiger partial charge in [-0.15, -0.1) is 6.58 Å². The number of likely N-dealkylation sites (N-methyl/N-ethyl adjacent to an activating group) is 1. The zero-order valence-electron chi connectivity index (χ0n) is 9.85. The van der Waals surface area contributed by atoms with Crippen molar-refractivity contribution in [3.8, 4) is 0 Å². The number of rotatable bonds is 5. The molecule has 0 aromatic heterocycles. The van der Waals surface area contributed by atoms with E-state index in [1.54, 1.807) is 25.1 Å². The van der Waals surface area contributed by atoms with Crippen LogP contribution in [0.15, 0.2) is 24.8 Å². The predicted octanol–water partition coefficient (Wildman–Crippen LogP) is 0.808. The minimum absolute atomic E-state index is 0.113. The average molecular weight is 222 g/mol. The number of nitrogens with zero attached hydrogens (tertiary/aromatic N) is 2. The van der Waals surface area contributed by atoms with Gasteiger partial charge in [-0.25, -0.2) is 0 Å². The third-order valence-electron chi connectivity index (χ3n) is 2.41. The molecule has 2 amide bonds. The minimum Gasteiger partial charge on any atom is -0.345 e. The maximum Gasteiger partial charge on any atom is 0.247 e. The largest absolute Gasteiger partial charge is 0.345 e. The molecule has 0 N–H and O–H groups in total. The zero-order chi connectivity index (χ0) is 12.1. The number of hydrogen-bond donors (Lipinski definition) is 0. The van der Waals surface area contributed by atoms with Gasteiger partial charge in [0.25, 0.3) is 0 Å². The SMILES string of the molecule is C=CCN(C(=O)C=CC(=O)N(C)C)C1CC1. The van der Waals surface area contributed by atoms with Crippen LogP contribution in [0.1, 0.15) is 12.8 Å². The lowest BCUT2D eigenvalue weighted by molar-refractivity contribution is -0.127. The molecule has 1 aliphatic carbocycles. The fraction of sp³-hybridized carbons (Fsp3) is 0.500. The second kappa shape index (κ2) is 5.49. The van der Waals surface area contributed by atoms with Crippen LogP contribution in [-0.2, 0) is 9.59 Å². The summed E-state index contributed by atoms with van der Waals surface area (Å²) in [6, 6.07) is 0.338.